The van der Waals surface area contributed by atoms with Crippen molar-refractivity contribution in [2.45, 2.75) is 25.7 Å². The fraction of sp³-hybridized carbons (Fsp3) is 0.471. The van der Waals surface area contributed by atoms with E-state index in [4.69, 9.17) is 16.6 Å². The van der Waals surface area contributed by atoms with Crippen molar-refractivity contribution in [3.8, 4) is 0 Å². The Balaban J connectivity index is 2.75. The molecule has 1 atom stereocenters. The number of nitrogens with two attached hydrogens (primary N) is 1. The Bertz CT molecular complexity index is 572. The summed E-state index contributed by atoms with van der Waals surface area (Å²) in [6, 6.07) is 8.29. The number of benzene rings is 1. The number of amides is 1. The van der Waals surface area contributed by atoms with Gasteiger partial charge in [-0.3, -0.25) is 15.6 Å². The molecule has 132 valence electrons. The summed E-state index contributed by atoms with van der Waals surface area (Å²) in [6.45, 7) is 1.77. The minimum absolute atomic E-state index is 0.102. The second kappa shape index (κ2) is 10.4. The number of nitrogens with one attached hydrogen (secondary N) is 2. The van der Waals surface area contributed by atoms with Crippen LogP contribution in [0.4, 0.5) is 0 Å². The molecule has 0 saturated heterocycles. The van der Waals surface area contributed by atoms with Crippen molar-refractivity contribution in [3.63, 3.8) is 0 Å². The zero-order valence-corrected chi connectivity index (χ0v) is 16.1. The van der Waals surface area contributed by atoms with Crippen molar-refractivity contribution in [1.29, 1.82) is 10.8 Å². The topological polar surface area (TPSA) is 94.0 Å². The lowest BCUT2D eigenvalue weighted by molar-refractivity contribution is -0.128. The van der Waals surface area contributed by atoms with E-state index in [1.54, 1.807) is 25.9 Å². The number of rotatable bonds is 8. The van der Waals surface area contributed by atoms with Gasteiger partial charge in [0.1, 0.15) is 0 Å². The lowest BCUT2D eigenvalue weighted by Crippen LogP contribution is -2.24. The molecule has 0 spiro atoms. The average molecular weight is 367 g/mol. The molecule has 0 fully saturated rings. The number of hydrogen-bond donors (Lipinski definition) is 3. The molecule has 0 saturated carbocycles. The summed E-state index contributed by atoms with van der Waals surface area (Å²) in [7, 11) is 3.54. The van der Waals surface area contributed by atoms with Gasteiger partial charge in [0, 0.05) is 37.9 Å². The molecule has 0 aromatic heterocycles. The van der Waals surface area contributed by atoms with Crippen LogP contribution in [0.3, 0.4) is 0 Å². The Morgan fingerprint density at radius 1 is 1.21 bits per heavy atom. The first kappa shape index (κ1) is 20.6. The smallest absolute Gasteiger partial charge is 0.222 e. The van der Waals surface area contributed by atoms with Gasteiger partial charge in [-0.25, -0.2) is 0 Å². The third kappa shape index (κ3) is 7.88. The second-order valence-electron chi connectivity index (χ2n) is 5.76. The van der Waals surface area contributed by atoms with E-state index in [1.165, 1.54) is 29.1 Å². The van der Waals surface area contributed by atoms with E-state index in [2.05, 4.69) is 24.3 Å². The summed E-state index contributed by atoms with van der Waals surface area (Å²) in [5.41, 5.74) is 7.66. The maximum Gasteiger partial charge on any atom is 0.222 e. The lowest BCUT2D eigenvalue weighted by Gasteiger charge is -2.19. The maximum atomic E-state index is 12.1. The standard InChI is InChI=1S/C17H26N4OS2/c1-12(18)24-11-15(10-16(22)21(2)3)14-6-4-13(5-7-14)8-9-23-17(19)20/h4-7,15,18H,8-11H2,1-3H3,(H3,19,20)/t15-/m0/s1. The molecule has 0 aliphatic rings. The van der Waals surface area contributed by atoms with Gasteiger partial charge in [-0.15, -0.1) is 11.8 Å². The molecule has 1 amide bonds. The van der Waals surface area contributed by atoms with E-state index in [1.807, 2.05) is 0 Å². The molecule has 0 radical (unpaired) electrons. The summed E-state index contributed by atoms with van der Waals surface area (Å²) < 4.78 is 0. The van der Waals surface area contributed by atoms with E-state index >= 15 is 0 Å². The van der Waals surface area contributed by atoms with Gasteiger partial charge >= 0.3 is 0 Å². The highest BCUT2D eigenvalue weighted by Gasteiger charge is 2.18. The van der Waals surface area contributed by atoms with Crippen LogP contribution in [-0.4, -0.2) is 46.6 Å². The van der Waals surface area contributed by atoms with Crippen LogP contribution in [0.5, 0.6) is 0 Å². The van der Waals surface area contributed by atoms with Gasteiger partial charge in [-0.05, 0) is 24.5 Å². The van der Waals surface area contributed by atoms with Crippen molar-refractivity contribution in [1.82, 2.24) is 4.90 Å². The summed E-state index contributed by atoms with van der Waals surface area (Å²) in [6.07, 6.45) is 1.31. The van der Waals surface area contributed by atoms with Crippen molar-refractivity contribution in [3.05, 3.63) is 35.4 Å². The normalized spacial score (nSPS) is 11.8. The van der Waals surface area contributed by atoms with Gasteiger partial charge in [0.15, 0.2) is 5.17 Å². The first-order valence-corrected chi connectivity index (χ1v) is 9.70. The quantitative estimate of drug-likeness (QED) is 0.486. The van der Waals surface area contributed by atoms with Gasteiger partial charge in [-0.1, -0.05) is 36.0 Å². The molecule has 5 nitrogen and oxygen atoms in total. The predicted octanol–water partition coefficient (Wildman–Crippen LogP) is 3.15. The number of amidine groups is 1. The van der Waals surface area contributed by atoms with Crippen molar-refractivity contribution >= 4 is 39.6 Å². The molecular formula is C17H26N4OS2. The molecule has 0 unspecified atom stereocenters. The van der Waals surface area contributed by atoms with Crippen LogP contribution in [0.15, 0.2) is 24.3 Å². The highest BCUT2D eigenvalue weighted by molar-refractivity contribution is 8.13. The molecule has 0 aliphatic heterocycles. The Hall–Kier alpha value is -1.47. The van der Waals surface area contributed by atoms with Gasteiger partial charge in [0.05, 0.1) is 5.04 Å². The van der Waals surface area contributed by atoms with Crippen molar-refractivity contribution in [2.24, 2.45) is 5.73 Å². The van der Waals surface area contributed by atoms with E-state index < -0.39 is 0 Å². The van der Waals surface area contributed by atoms with Crippen LogP contribution >= 0.6 is 23.5 Å². The Labute approximate surface area is 152 Å². The number of carbonyl (C=O) groups excluding carboxylic acids is 1. The SMILES string of the molecule is CC(=N)SC[C@H](CC(=O)N(C)C)c1ccc(CCSC(=N)N)cc1. The molecular weight excluding hydrogens is 340 g/mol. The molecule has 0 aliphatic carbocycles. The van der Waals surface area contributed by atoms with Crippen molar-refractivity contribution in [2.75, 3.05) is 25.6 Å². The third-order valence-electron chi connectivity index (χ3n) is 3.52. The Morgan fingerprint density at radius 3 is 2.33 bits per heavy atom. The predicted molar refractivity (Wildman–Crippen MR) is 106 cm³/mol. The Kier molecular flexibility index (Phi) is 8.92. The first-order valence-electron chi connectivity index (χ1n) is 7.73. The number of nitrogens with zero attached hydrogens (tertiary/aromatic N) is 1. The summed E-state index contributed by atoms with van der Waals surface area (Å²) in [4.78, 5) is 13.7. The maximum absolute atomic E-state index is 12.1. The molecule has 1 aromatic rings. The fourth-order valence-corrected chi connectivity index (χ4v) is 3.45. The van der Waals surface area contributed by atoms with E-state index in [-0.39, 0.29) is 17.0 Å². The van der Waals surface area contributed by atoms with Gasteiger partial charge < -0.3 is 10.6 Å². The Morgan fingerprint density at radius 2 is 1.83 bits per heavy atom. The first-order chi connectivity index (χ1) is 11.3. The van der Waals surface area contributed by atoms with E-state index in [9.17, 15) is 4.79 Å². The van der Waals surface area contributed by atoms with Crippen LogP contribution in [0.25, 0.3) is 0 Å². The molecule has 1 aromatic carbocycles. The van der Waals surface area contributed by atoms with Gasteiger partial charge in [0.2, 0.25) is 5.91 Å². The second-order valence-corrected chi connectivity index (χ2v) is 8.13. The largest absolute Gasteiger partial charge is 0.379 e. The molecule has 24 heavy (non-hydrogen) atoms. The number of aryl methyl sites for hydroxylation is 1. The summed E-state index contributed by atoms with van der Waals surface area (Å²) >= 11 is 2.82. The number of carbonyl (C=O) groups is 1. The highest BCUT2D eigenvalue weighted by atomic mass is 32.2. The summed E-state index contributed by atoms with van der Waals surface area (Å²) in [5, 5.41) is 15.5. The average Bonchev–Trinajstić information content (AvgIpc) is 2.51. The van der Waals surface area contributed by atoms with Gasteiger partial charge in [-0.2, -0.15) is 0 Å². The minimum Gasteiger partial charge on any atom is -0.379 e. The van der Waals surface area contributed by atoms with Crippen LogP contribution in [0.2, 0.25) is 0 Å². The van der Waals surface area contributed by atoms with Crippen molar-refractivity contribution < 1.29 is 4.79 Å². The zero-order chi connectivity index (χ0) is 18.1. The molecule has 7 heteroatoms. The van der Waals surface area contributed by atoms with Crippen LogP contribution in [0, 0.1) is 10.8 Å². The van der Waals surface area contributed by atoms with Gasteiger partial charge in [0.25, 0.3) is 0 Å². The highest BCUT2D eigenvalue weighted by Crippen LogP contribution is 2.26. The summed E-state index contributed by atoms with van der Waals surface area (Å²) in [5.74, 6) is 1.73. The van der Waals surface area contributed by atoms with E-state index in [0.717, 1.165) is 23.5 Å². The lowest BCUT2D eigenvalue weighted by atomic mass is 9.95. The number of thioether (sulfide) groups is 2. The molecule has 1 rings (SSSR count). The zero-order valence-electron chi connectivity index (χ0n) is 14.5. The molecule has 0 bridgehead atoms. The fourth-order valence-electron chi connectivity index (χ4n) is 2.13. The molecule has 4 N–H and O–H groups in total. The monoisotopic (exact) mass is 366 g/mol. The van der Waals surface area contributed by atoms with Crippen LogP contribution in [-0.2, 0) is 11.2 Å². The minimum atomic E-state index is 0.102. The number of hydrogen-bond acceptors (Lipinski definition) is 5. The van der Waals surface area contributed by atoms with E-state index in [0.29, 0.717) is 11.5 Å². The molecule has 0 heterocycles. The third-order valence-corrected chi connectivity index (χ3v) is 5.24. The van der Waals surface area contributed by atoms with Crippen LogP contribution in [0.1, 0.15) is 30.4 Å². The van der Waals surface area contributed by atoms with Crippen LogP contribution < -0.4 is 5.73 Å².